The van der Waals surface area contributed by atoms with E-state index in [9.17, 15) is 14.4 Å². The van der Waals surface area contributed by atoms with Gasteiger partial charge in [-0.25, -0.2) is 0 Å². The standard InChI is InChI=1S/C56H106O6/c1-4-7-10-13-16-19-22-24-26-28-30-31-34-37-40-43-46-49-55(58)61-52-53(51-60-54(57)48-45-42-39-36-33-21-18-15-12-9-6-3)62-56(59)50-47-44-41-38-35-32-29-27-25-23-20-17-14-11-8-5-2/h27,29,53H,4-26,28,30-52H2,1-3H3/b29-27-/t53-/m1/s1. The first-order valence-corrected chi connectivity index (χ1v) is 27.7. The second-order valence-corrected chi connectivity index (χ2v) is 18.9. The molecule has 0 aliphatic rings. The predicted octanol–water partition coefficient (Wildman–Crippen LogP) is 18.2. The molecule has 1 atom stereocenters. The second kappa shape index (κ2) is 51.8. The van der Waals surface area contributed by atoms with Crippen molar-refractivity contribution in [2.24, 2.45) is 0 Å². The van der Waals surface area contributed by atoms with Gasteiger partial charge in [0, 0.05) is 19.3 Å². The molecule has 0 spiro atoms. The molecule has 0 aromatic rings. The van der Waals surface area contributed by atoms with Crippen molar-refractivity contribution in [1.82, 2.24) is 0 Å². The molecule has 62 heavy (non-hydrogen) atoms. The highest BCUT2D eigenvalue weighted by Gasteiger charge is 2.19. The average molecular weight is 875 g/mol. The van der Waals surface area contributed by atoms with Crippen molar-refractivity contribution in [1.29, 1.82) is 0 Å². The van der Waals surface area contributed by atoms with Crippen LogP contribution in [0.25, 0.3) is 0 Å². The van der Waals surface area contributed by atoms with Gasteiger partial charge < -0.3 is 14.2 Å². The lowest BCUT2D eigenvalue weighted by Gasteiger charge is -2.18. The fraction of sp³-hybridized carbons (Fsp3) is 0.911. The van der Waals surface area contributed by atoms with Gasteiger partial charge in [0.15, 0.2) is 6.10 Å². The largest absolute Gasteiger partial charge is 0.462 e. The van der Waals surface area contributed by atoms with Crippen LogP contribution >= 0.6 is 0 Å². The highest BCUT2D eigenvalue weighted by atomic mass is 16.6. The lowest BCUT2D eigenvalue weighted by Crippen LogP contribution is -2.30. The Morgan fingerprint density at radius 1 is 0.306 bits per heavy atom. The van der Waals surface area contributed by atoms with Gasteiger partial charge in [-0.2, -0.15) is 0 Å². The van der Waals surface area contributed by atoms with E-state index >= 15 is 0 Å². The molecule has 6 heteroatoms. The number of unbranched alkanes of at least 4 members (excludes halogenated alkanes) is 38. The molecule has 0 rings (SSSR count). The molecular formula is C56H106O6. The van der Waals surface area contributed by atoms with E-state index in [-0.39, 0.29) is 31.1 Å². The maximum atomic E-state index is 12.8. The molecule has 0 radical (unpaired) electrons. The Bertz CT molecular complexity index is 962. The first-order chi connectivity index (χ1) is 30.5. The molecule has 0 saturated carbocycles. The smallest absolute Gasteiger partial charge is 0.306 e. The van der Waals surface area contributed by atoms with E-state index in [1.807, 2.05) is 0 Å². The van der Waals surface area contributed by atoms with Crippen LogP contribution in [-0.4, -0.2) is 37.2 Å². The number of carbonyl (C=O) groups excluding carboxylic acids is 3. The third kappa shape index (κ3) is 49.2. The van der Waals surface area contributed by atoms with Gasteiger partial charge in [0.1, 0.15) is 13.2 Å². The predicted molar refractivity (Wildman–Crippen MR) is 266 cm³/mol. The lowest BCUT2D eigenvalue weighted by atomic mass is 10.0. The summed E-state index contributed by atoms with van der Waals surface area (Å²) in [5, 5.41) is 0. The zero-order valence-corrected chi connectivity index (χ0v) is 41.9. The number of allylic oxidation sites excluding steroid dienone is 2. The monoisotopic (exact) mass is 875 g/mol. The molecule has 0 aromatic heterocycles. The molecule has 0 heterocycles. The minimum Gasteiger partial charge on any atom is -0.462 e. The summed E-state index contributed by atoms with van der Waals surface area (Å²) in [6.45, 7) is 6.67. The highest BCUT2D eigenvalue weighted by Crippen LogP contribution is 2.17. The Balaban J connectivity index is 4.30. The van der Waals surface area contributed by atoms with Crippen LogP contribution < -0.4 is 0 Å². The van der Waals surface area contributed by atoms with Gasteiger partial charge in [-0.1, -0.05) is 258 Å². The summed E-state index contributed by atoms with van der Waals surface area (Å²) in [5.74, 6) is -0.856. The Morgan fingerprint density at radius 2 is 0.532 bits per heavy atom. The van der Waals surface area contributed by atoms with Gasteiger partial charge >= 0.3 is 17.9 Å². The van der Waals surface area contributed by atoms with Crippen LogP contribution in [0.15, 0.2) is 12.2 Å². The topological polar surface area (TPSA) is 78.9 Å². The molecule has 0 aliphatic heterocycles. The molecule has 0 N–H and O–H groups in total. The van der Waals surface area contributed by atoms with Gasteiger partial charge in [-0.15, -0.1) is 0 Å². The molecule has 0 amide bonds. The van der Waals surface area contributed by atoms with Crippen LogP contribution in [0.5, 0.6) is 0 Å². The minimum absolute atomic E-state index is 0.0677. The molecule has 6 nitrogen and oxygen atoms in total. The Hall–Kier alpha value is -1.85. The molecule has 0 aliphatic carbocycles. The fourth-order valence-corrected chi connectivity index (χ4v) is 8.32. The third-order valence-corrected chi connectivity index (χ3v) is 12.5. The first-order valence-electron chi connectivity index (χ1n) is 27.7. The van der Waals surface area contributed by atoms with Gasteiger partial charge in [0.2, 0.25) is 0 Å². The van der Waals surface area contributed by atoms with E-state index in [2.05, 4.69) is 32.9 Å². The zero-order chi connectivity index (χ0) is 45.1. The van der Waals surface area contributed by atoms with Crippen LogP contribution in [-0.2, 0) is 28.6 Å². The van der Waals surface area contributed by atoms with Crippen molar-refractivity contribution >= 4 is 17.9 Å². The molecular weight excluding hydrogens is 769 g/mol. The minimum atomic E-state index is -0.767. The summed E-state index contributed by atoms with van der Waals surface area (Å²) < 4.78 is 16.8. The summed E-state index contributed by atoms with van der Waals surface area (Å²) >= 11 is 0. The molecule has 0 bridgehead atoms. The van der Waals surface area contributed by atoms with Crippen LogP contribution in [0, 0.1) is 0 Å². The second-order valence-electron chi connectivity index (χ2n) is 18.9. The van der Waals surface area contributed by atoms with E-state index in [0.717, 1.165) is 64.2 Å². The van der Waals surface area contributed by atoms with E-state index in [4.69, 9.17) is 14.2 Å². The SMILES string of the molecule is CCCCCCCCC/C=C\CCCCCCCC(=O)O[C@H](COC(=O)CCCCCCCCCCCCC)COC(=O)CCCCCCCCCCCCCCCCCCC. The van der Waals surface area contributed by atoms with Crippen molar-refractivity contribution in [3.8, 4) is 0 Å². The van der Waals surface area contributed by atoms with Crippen molar-refractivity contribution in [2.75, 3.05) is 13.2 Å². The number of rotatable bonds is 51. The van der Waals surface area contributed by atoms with E-state index in [1.54, 1.807) is 0 Å². The number of esters is 3. The van der Waals surface area contributed by atoms with E-state index in [1.165, 1.54) is 205 Å². The van der Waals surface area contributed by atoms with Crippen molar-refractivity contribution in [3.63, 3.8) is 0 Å². The van der Waals surface area contributed by atoms with Crippen molar-refractivity contribution in [3.05, 3.63) is 12.2 Å². The fourth-order valence-electron chi connectivity index (χ4n) is 8.32. The maximum Gasteiger partial charge on any atom is 0.306 e. The first kappa shape index (κ1) is 60.2. The summed E-state index contributed by atoms with van der Waals surface area (Å²) in [6, 6.07) is 0. The molecule has 0 fully saturated rings. The van der Waals surface area contributed by atoms with Crippen molar-refractivity contribution < 1.29 is 28.6 Å². The Morgan fingerprint density at radius 3 is 0.806 bits per heavy atom. The molecule has 0 aromatic carbocycles. The van der Waals surface area contributed by atoms with Gasteiger partial charge in [0.05, 0.1) is 0 Å². The van der Waals surface area contributed by atoms with Crippen molar-refractivity contribution in [2.45, 2.75) is 316 Å². The van der Waals surface area contributed by atoms with E-state index < -0.39 is 6.10 Å². The number of carbonyl (C=O) groups is 3. The maximum absolute atomic E-state index is 12.8. The van der Waals surface area contributed by atoms with Gasteiger partial charge in [-0.05, 0) is 44.9 Å². The normalized spacial score (nSPS) is 12.0. The van der Waals surface area contributed by atoms with Gasteiger partial charge in [0.25, 0.3) is 0 Å². The van der Waals surface area contributed by atoms with E-state index in [0.29, 0.717) is 19.3 Å². The zero-order valence-electron chi connectivity index (χ0n) is 41.9. The van der Waals surface area contributed by atoms with Crippen LogP contribution in [0.2, 0.25) is 0 Å². The highest BCUT2D eigenvalue weighted by molar-refractivity contribution is 5.71. The average Bonchev–Trinajstić information content (AvgIpc) is 3.27. The Labute approximate surface area is 386 Å². The number of hydrogen-bond donors (Lipinski definition) is 0. The molecule has 0 saturated heterocycles. The van der Waals surface area contributed by atoms with Crippen LogP contribution in [0.1, 0.15) is 310 Å². The molecule has 366 valence electrons. The Kier molecular flexibility index (Phi) is 50.2. The van der Waals surface area contributed by atoms with Gasteiger partial charge in [-0.3, -0.25) is 14.4 Å². The van der Waals surface area contributed by atoms with Crippen LogP contribution in [0.4, 0.5) is 0 Å². The summed E-state index contributed by atoms with van der Waals surface area (Å²) in [6.07, 6.45) is 57.7. The summed E-state index contributed by atoms with van der Waals surface area (Å²) in [7, 11) is 0. The lowest BCUT2D eigenvalue weighted by molar-refractivity contribution is -0.167. The van der Waals surface area contributed by atoms with Crippen LogP contribution in [0.3, 0.4) is 0 Å². The number of ether oxygens (including phenoxy) is 3. The third-order valence-electron chi connectivity index (χ3n) is 12.5. The number of hydrogen-bond acceptors (Lipinski definition) is 6. The summed E-state index contributed by atoms with van der Waals surface area (Å²) in [4.78, 5) is 38.0. The molecule has 0 unspecified atom stereocenters. The summed E-state index contributed by atoms with van der Waals surface area (Å²) in [5.41, 5.74) is 0. The quantitative estimate of drug-likeness (QED) is 0.0262.